The summed E-state index contributed by atoms with van der Waals surface area (Å²) < 4.78 is 12.7. The summed E-state index contributed by atoms with van der Waals surface area (Å²) in [5.41, 5.74) is 7.28. The lowest BCUT2D eigenvalue weighted by Gasteiger charge is -2.32. The Labute approximate surface area is 142 Å². The summed E-state index contributed by atoms with van der Waals surface area (Å²) >= 11 is 3.38. The van der Waals surface area contributed by atoms with Crippen molar-refractivity contribution in [2.24, 2.45) is 5.73 Å². The molecule has 0 radical (unpaired) electrons. The molecule has 2 atom stereocenters. The first-order valence-electron chi connectivity index (χ1n) is 7.36. The molecule has 0 aromatic heterocycles. The highest BCUT2D eigenvalue weighted by Crippen LogP contribution is 2.39. The number of phenols is 2. The summed E-state index contributed by atoms with van der Waals surface area (Å²) in [5.74, 6) is 0.513. The van der Waals surface area contributed by atoms with Gasteiger partial charge in [0.25, 0.3) is 0 Å². The van der Waals surface area contributed by atoms with Gasteiger partial charge in [0.05, 0.1) is 12.2 Å². The van der Waals surface area contributed by atoms with Crippen molar-refractivity contribution in [3.63, 3.8) is 0 Å². The summed E-state index contributed by atoms with van der Waals surface area (Å²) in [6.07, 6.45) is -0.0982. The number of fused-ring (bicyclic) bond motifs is 1. The number of hydrogen-bond acceptors (Lipinski definition) is 5. The molecule has 2 unspecified atom stereocenters. The van der Waals surface area contributed by atoms with Crippen molar-refractivity contribution in [3.05, 3.63) is 52.0 Å². The normalized spacial score (nSPS) is 20.1. The maximum atomic E-state index is 10.1. The Morgan fingerprint density at radius 1 is 1.17 bits per heavy atom. The van der Waals surface area contributed by atoms with Crippen molar-refractivity contribution in [1.82, 2.24) is 0 Å². The molecule has 0 amide bonds. The van der Waals surface area contributed by atoms with Gasteiger partial charge in [-0.3, -0.25) is 0 Å². The van der Waals surface area contributed by atoms with Gasteiger partial charge in [0.2, 0.25) is 0 Å². The van der Waals surface area contributed by atoms with Crippen LogP contribution in [0.1, 0.15) is 17.2 Å². The number of aromatic hydroxyl groups is 2. The molecular weight excluding hydrogens is 362 g/mol. The molecular formula is C17H18BrNO4. The van der Waals surface area contributed by atoms with Crippen LogP contribution < -0.4 is 10.5 Å². The van der Waals surface area contributed by atoms with E-state index in [-0.39, 0.29) is 23.7 Å². The molecule has 0 saturated heterocycles. The molecule has 0 aliphatic carbocycles. The Hall–Kier alpha value is -1.76. The Kier molecular flexibility index (Phi) is 4.75. The van der Waals surface area contributed by atoms with Crippen LogP contribution in [0.15, 0.2) is 40.9 Å². The van der Waals surface area contributed by atoms with E-state index < -0.39 is 0 Å². The molecule has 2 aromatic carbocycles. The third-order valence-corrected chi connectivity index (χ3v) is 4.43. The highest BCUT2D eigenvalue weighted by atomic mass is 79.9. The molecule has 0 fully saturated rings. The van der Waals surface area contributed by atoms with Gasteiger partial charge in [-0.15, -0.1) is 0 Å². The van der Waals surface area contributed by atoms with Gasteiger partial charge in [0.1, 0.15) is 12.4 Å². The van der Waals surface area contributed by atoms with E-state index in [9.17, 15) is 10.2 Å². The molecule has 122 valence electrons. The van der Waals surface area contributed by atoms with Crippen LogP contribution in [-0.4, -0.2) is 29.5 Å². The SMILES string of the molecule is NCC1OC(COc2ccc(Br)cc2)Cc2c1ccc(O)c2O. The summed E-state index contributed by atoms with van der Waals surface area (Å²) in [7, 11) is 0. The van der Waals surface area contributed by atoms with E-state index in [0.29, 0.717) is 25.1 Å². The lowest BCUT2D eigenvalue weighted by atomic mass is 9.93. The Morgan fingerprint density at radius 2 is 1.91 bits per heavy atom. The van der Waals surface area contributed by atoms with Crippen molar-refractivity contribution in [3.8, 4) is 17.2 Å². The van der Waals surface area contributed by atoms with Crippen molar-refractivity contribution in [2.75, 3.05) is 13.2 Å². The molecule has 2 aromatic rings. The zero-order valence-electron chi connectivity index (χ0n) is 12.4. The van der Waals surface area contributed by atoms with Crippen LogP contribution in [0.4, 0.5) is 0 Å². The lowest BCUT2D eigenvalue weighted by molar-refractivity contribution is -0.0422. The van der Waals surface area contributed by atoms with Crippen molar-refractivity contribution >= 4 is 15.9 Å². The second kappa shape index (κ2) is 6.78. The molecule has 4 N–H and O–H groups in total. The van der Waals surface area contributed by atoms with E-state index in [1.54, 1.807) is 6.07 Å². The number of halogens is 1. The van der Waals surface area contributed by atoms with E-state index >= 15 is 0 Å². The van der Waals surface area contributed by atoms with Gasteiger partial charge < -0.3 is 25.4 Å². The van der Waals surface area contributed by atoms with E-state index in [1.807, 2.05) is 24.3 Å². The molecule has 1 aliphatic heterocycles. The van der Waals surface area contributed by atoms with Gasteiger partial charge in [-0.25, -0.2) is 0 Å². The summed E-state index contributed by atoms with van der Waals surface area (Å²) in [6.45, 7) is 0.638. The van der Waals surface area contributed by atoms with Crippen molar-refractivity contribution < 1.29 is 19.7 Å². The molecule has 0 bridgehead atoms. The maximum absolute atomic E-state index is 10.1. The average Bonchev–Trinajstić information content (AvgIpc) is 2.57. The first kappa shape index (κ1) is 16.1. The lowest BCUT2D eigenvalue weighted by Crippen LogP contribution is -2.34. The van der Waals surface area contributed by atoms with Crippen LogP contribution in [0.25, 0.3) is 0 Å². The number of nitrogens with two attached hydrogens (primary N) is 1. The van der Waals surface area contributed by atoms with E-state index in [1.165, 1.54) is 6.07 Å². The molecule has 0 saturated carbocycles. The third kappa shape index (κ3) is 3.44. The van der Waals surface area contributed by atoms with Gasteiger partial charge in [0, 0.05) is 23.0 Å². The largest absolute Gasteiger partial charge is 0.504 e. The van der Waals surface area contributed by atoms with E-state index in [2.05, 4.69) is 15.9 Å². The fourth-order valence-electron chi connectivity index (χ4n) is 2.74. The standard InChI is InChI=1S/C17H18BrNO4/c18-10-1-3-11(4-2-10)22-9-12-7-14-13(16(8-19)23-12)5-6-15(20)17(14)21/h1-6,12,16,20-21H,7-9,19H2. The summed E-state index contributed by atoms with van der Waals surface area (Å²) in [6, 6.07) is 10.7. The van der Waals surface area contributed by atoms with Crippen LogP contribution in [0, 0.1) is 0 Å². The van der Waals surface area contributed by atoms with Gasteiger partial charge in [-0.05, 0) is 35.9 Å². The van der Waals surface area contributed by atoms with E-state index in [0.717, 1.165) is 15.8 Å². The fourth-order valence-corrected chi connectivity index (χ4v) is 3.00. The number of ether oxygens (including phenoxy) is 2. The molecule has 6 heteroatoms. The Balaban J connectivity index is 1.75. The van der Waals surface area contributed by atoms with Gasteiger partial charge >= 0.3 is 0 Å². The second-order valence-corrected chi connectivity index (χ2v) is 6.37. The highest BCUT2D eigenvalue weighted by molar-refractivity contribution is 9.10. The minimum atomic E-state index is -0.316. The number of rotatable bonds is 4. The van der Waals surface area contributed by atoms with Crippen molar-refractivity contribution in [2.45, 2.75) is 18.6 Å². The molecule has 5 nitrogen and oxygen atoms in total. The van der Waals surface area contributed by atoms with Gasteiger partial charge in [-0.1, -0.05) is 22.0 Å². The smallest absolute Gasteiger partial charge is 0.161 e. The van der Waals surface area contributed by atoms with Gasteiger partial charge in [0.15, 0.2) is 11.5 Å². The minimum absolute atomic E-state index is 0.0992. The fraction of sp³-hybridized carbons (Fsp3) is 0.294. The summed E-state index contributed by atoms with van der Waals surface area (Å²) in [4.78, 5) is 0. The first-order valence-corrected chi connectivity index (χ1v) is 8.15. The summed E-state index contributed by atoms with van der Waals surface area (Å²) in [5, 5.41) is 19.8. The molecule has 23 heavy (non-hydrogen) atoms. The van der Waals surface area contributed by atoms with Crippen LogP contribution in [0.2, 0.25) is 0 Å². The molecule has 1 heterocycles. The predicted molar refractivity (Wildman–Crippen MR) is 89.8 cm³/mol. The van der Waals surface area contributed by atoms with E-state index in [4.69, 9.17) is 15.2 Å². The zero-order valence-corrected chi connectivity index (χ0v) is 14.0. The molecule has 1 aliphatic rings. The van der Waals surface area contributed by atoms with Gasteiger partial charge in [-0.2, -0.15) is 0 Å². The average molecular weight is 380 g/mol. The highest BCUT2D eigenvalue weighted by Gasteiger charge is 2.30. The quantitative estimate of drug-likeness (QED) is 0.711. The van der Waals surface area contributed by atoms with Crippen LogP contribution in [-0.2, 0) is 11.2 Å². The van der Waals surface area contributed by atoms with Crippen LogP contribution >= 0.6 is 15.9 Å². The predicted octanol–water partition coefficient (Wildman–Crippen LogP) is 2.88. The van der Waals surface area contributed by atoms with Crippen LogP contribution in [0.5, 0.6) is 17.2 Å². The maximum Gasteiger partial charge on any atom is 0.161 e. The van der Waals surface area contributed by atoms with Crippen molar-refractivity contribution in [1.29, 1.82) is 0 Å². The first-order chi connectivity index (χ1) is 11.1. The topological polar surface area (TPSA) is 84.9 Å². The number of phenolic OH excluding ortho intramolecular Hbond substituents is 2. The Morgan fingerprint density at radius 3 is 2.61 bits per heavy atom. The number of hydrogen-bond donors (Lipinski definition) is 3. The Bertz CT molecular complexity index is 690. The molecule has 0 spiro atoms. The third-order valence-electron chi connectivity index (χ3n) is 3.90. The minimum Gasteiger partial charge on any atom is -0.504 e. The van der Waals surface area contributed by atoms with Crippen LogP contribution in [0.3, 0.4) is 0 Å². The monoisotopic (exact) mass is 379 g/mol. The zero-order chi connectivity index (χ0) is 16.4. The number of benzene rings is 2. The second-order valence-electron chi connectivity index (χ2n) is 5.45. The molecule has 3 rings (SSSR count).